The molecule has 0 bridgehead atoms. The standard InChI is InChI=1S/C23H15F5N2O2/c24-16-6-1-14(2-7-16)3-12-21(31)30-20-11-10-18(13-19(20)23(26,27)28)29-22(32)15-4-8-17(25)9-5-15/h1-13H,(H,29,32)(H,30,31)/b12-3+. The van der Waals surface area contributed by atoms with Gasteiger partial charge in [-0.2, -0.15) is 13.2 Å². The van der Waals surface area contributed by atoms with Crippen LogP contribution in [0.5, 0.6) is 0 Å². The molecular weight excluding hydrogens is 431 g/mol. The molecule has 0 aliphatic carbocycles. The lowest BCUT2D eigenvalue weighted by Gasteiger charge is -2.15. The maximum atomic E-state index is 13.5. The van der Waals surface area contributed by atoms with Gasteiger partial charge in [0.2, 0.25) is 5.91 Å². The highest BCUT2D eigenvalue weighted by atomic mass is 19.4. The maximum Gasteiger partial charge on any atom is 0.418 e. The van der Waals surface area contributed by atoms with Crippen LogP contribution in [0.15, 0.2) is 72.8 Å². The predicted octanol–water partition coefficient (Wildman–Crippen LogP) is 5.89. The van der Waals surface area contributed by atoms with Crippen LogP contribution >= 0.6 is 0 Å². The Kier molecular flexibility index (Phi) is 6.67. The number of hydrogen-bond donors (Lipinski definition) is 2. The molecule has 3 aromatic rings. The van der Waals surface area contributed by atoms with Crippen molar-refractivity contribution in [2.24, 2.45) is 0 Å². The van der Waals surface area contributed by atoms with Crippen LogP contribution in [-0.2, 0) is 11.0 Å². The molecule has 2 amide bonds. The molecule has 3 aromatic carbocycles. The first-order valence-corrected chi connectivity index (χ1v) is 9.14. The molecule has 0 atom stereocenters. The minimum Gasteiger partial charge on any atom is -0.322 e. The van der Waals surface area contributed by atoms with E-state index in [-0.39, 0.29) is 11.3 Å². The molecule has 0 saturated carbocycles. The first-order chi connectivity index (χ1) is 15.1. The second-order valence-corrected chi connectivity index (χ2v) is 6.59. The highest BCUT2D eigenvalue weighted by Crippen LogP contribution is 2.36. The first kappa shape index (κ1) is 22.7. The molecule has 0 aliphatic rings. The van der Waals surface area contributed by atoms with Crippen LogP contribution in [-0.4, -0.2) is 11.8 Å². The Hall–Kier alpha value is -4.01. The molecule has 164 valence electrons. The molecule has 0 aromatic heterocycles. The predicted molar refractivity (Wildman–Crippen MR) is 110 cm³/mol. The Morgan fingerprint density at radius 3 is 1.97 bits per heavy atom. The lowest BCUT2D eigenvalue weighted by molar-refractivity contribution is -0.136. The van der Waals surface area contributed by atoms with E-state index in [4.69, 9.17) is 0 Å². The Balaban J connectivity index is 1.77. The molecule has 32 heavy (non-hydrogen) atoms. The van der Waals surface area contributed by atoms with E-state index in [1.165, 1.54) is 48.5 Å². The minimum absolute atomic E-state index is 0.0586. The quantitative estimate of drug-likeness (QED) is 0.379. The summed E-state index contributed by atoms with van der Waals surface area (Å²) in [5.41, 5.74) is -1.30. The normalized spacial score (nSPS) is 11.4. The Labute approximate surface area is 179 Å². The van der Waals surface area contributed by atoms with E-state index in [2.05, 4.69) is 10.6 Å². The lowest BCUT2D eigenvalue weighted by Crippen LogP contribution is -2.17. The zero-order valence-corrected chi connectivity index (χ0v) is 16.2. The molecule has 9 heteroatoms. The summed E-state index contributed by atoms with van der Waals surface area (Å²) < 4.78 is 66.4. The fourth-order valence-electron chi connectivity index (χ4n) is 2.69. The Bertz CT molecular complexity index is 1150. The summed E-state index contributed by atoms with van der Waals surface area (Å²) in [5, 5.41) is 4.45. The number of amides is 2. The van der Waals surface area contributed by atoms with Crippen molar-refractivity contribution in [1.82, 2.24) is 0 Å². The second kappa shape index (κ2) is 9.42. The van der Waals surface area contributed by atoms with Crippen LogP contribution in [0.2, 0.25) is 0 Å². The third-order valence-corrected chi connectivity index (χ3v) is 4.24. The van der Waals surface area contributed by atoms with Crippen LogP contribution in [0.3, 0.4) is 0 Å². The third kappa shape index (κ3) is 6.00. The van der Waals surface area contributed by atoms with Crippen molar-refractivity contribution in [2.75, 3.05) is 10.6 Å². The molecule has 0 saturated heterocycles. The van der Waals surface area contributed by atoms with Gasteiger partial charge in [0.15, 0.2) is 0 Å². The molecule has 2 N–H and O–H groups in total. The van der Waals surface area contributed by atoms with E-state index in [0.29, 0.717) is 11.6 Å². The average Bonchev–Trinajstić information content (AvgIpc) is 2.74. The third-order valence-electron chi connectivity index (χ3n) is 4.24. The Morgan fingerprint density at radius 2 is 1.38 bits per heavy atom. The number of nitrogens with one attached hydrogen (secondary N) is 2. The average molecular weight is 446 g/mol. The van der Waals surface area contributed by atoms with Crippen molar-refractivity contribution < 1.29 is 31.5 Å². The van der Waals surface area contributed by atoms with Crippen molar-refractivity contribution >= 4 is 29.3 Å². The van der Waals surface area contributed by atoms with Crippen LogP contribution in [0.25, 0.3) is 6.08 Å². The number of carbonyl (C=O) groups excluding carboxylic acids is 2. The molecule has 3 rings (SSSR count). The maximum absolute atomic E-state index is 13.5. The summed E-state index contributed by atoms with van der Waals surface area (Å²) in [6.07, 6.45) is -2.49. The van der Waals surface area contributed by atoms with Gasteiger partial charge in [-0.25, -0.2) is 8.78 Å². The van der Waals surface area contributed by atoms with Crippen LogP contribution in [0, 0.1) is 11.6 Å². The highest BCUT2D eigenvalue weighted by Gasteiger charge is 2.34. The van der Waals surface area contributed by atoms with Gasteiger partial charge in [-0.1, -0.05) is 12.1 Å². The summed E-state index contributed by atoms with van der Waals surface area (Å²) in [6, 6.07) is 12.5. The summed E-state index contributed by atoms with van der Waals surface area (Å²) in [6.45, 7) is 0. The van der Waals surface area contributed by atoms with Crippen molar-refractivity contribution in [3.8, 4) is 0 Å². The number of benzene rings is 3. The molecule has 0 spiro atoms. The topological polar surface area (TPSA) is 58.2 Å². The van der Waals surface area contributed by atoms with Crippen molar-refractivity contribution in [3.05, 3.63) is 101 Å². The van der Waals surface area contributed by atoms with Crippen LogP contribution in [0.1, 0.15) is 21.5 Å². The Morgan fingerprint density at radius 1 is 0.781 bits per heavy atom. The number of anilines is 2. The molecule has 0 aliphatic heterocycles. The zero-order valence-electron chi connectivity index (χ0n) is 16.2. The minimum atomic E-state index is -4.82. The summed E-state index contributed by atoms with van der Waals surface area (Å²) in [7, 11) is 0. The highest BCUT2D eigenvalue weighted by molar-refractivity contribution is 6.05. The van der Waals surface area contributed by atoms with Crippen LogP contribution < -0.4 is 10.6 Å². The molecule has 0 fully saturated rings. The number of carbonyl (C=O) groups is 2. The number of hydrogen-bond acceptors (Lipinski definition) is 2. The van der Waals surface area contributed by atoms with Gasteiger partial charge in [0.05, 0.1) is 11.3 Å². The van der Waals surface area contributed by atoms with E-state index >= 15 is 0 Å². The van der Waals surface area contributed by atoms with Gasteiger partial charge in [0.1, 0.15) is 11.6 Å². The van der Waals surface area contributed by atoms with E-state index in [0.717, 1.165) is 24.3 Å². The van der Waals surface area contributed by atoms with Gasteiger partial charge in [-0.15, -0.1) is 0 Å². The van der Waals surface area contributed by atoms with Crippen molar-refractivity contribution in [2.45, 2.75) is 6.18 Å². The number of alkyl halides is 3. The van der Waals surface area contributed by atoms with Crippen molar-refractivity contribution in [1.29, 1.82) is 0 Å². The van der Waals surface area contributed by atoms with E-state index in [9.17, 15) is 31.5 Å². The summed E-state index contributed by atoms with van der Waals surface area (Å²) in [5.74, 6) is -2.58. The van der Waals surface area contributed by atoms with E-state index in [1.807, 2.05) is 0 Å². The van der Waals surface area contributed by atoms with Crippen LogP contribution in [0.4, 0.5) is 33.3 Å². The van der Waals surface area contributed by atoms with E-state index in [1.54, 1.807) is 0 Å². The molecule has 0 unspecified atom stereocenters. The van der Waals surface area contributed by atoms with Gasteiger partial charge in [-0.3, -0.25) is 9.59 Å². The smallest absolute Gasteiger partial charge is 0.322 e. The fourth-order valence-corrected chi connectivity index (χ4v) is 2.69. The van der Waals surface area contributed by atoms with E-state index < -0.39 is 40.9 Å². The van der Waals surface area contributed by atoms with Gasteiger partial charge in [0.25, 0.3) is 5.91 Å². The molecule has 0 radical (unpaired) electrons. The number of halogens is 5. The lowest BCUT2D eigenvalue weighted by atomic mass is 10.1. The summed E-state index contributed by atoms with van der Waals surface area (Å²) in [4.78, 5) is 24.2. The molecular formula is C23H15F5N2O2. The summed E-state index contributed by atoms with van der Waals surface area (Å²) >= 11 is 0. The number of rotatable bonds is 5. The van der Waals surface area contributed by atoms with Gasteiger partial charge >= 0.3 is 6.18 Å². The first-order valence-electron chi connectivity index (χ1n) is 9.14. The monoisotopic (exact) mass is 446 g/mol. The second-order valence-electron chi connectivity index (χ2n) is 6.59. The SMILES string of the molecule is O=C(/C=C/c1ccc(F)cc1)Nc1ccc(NC(=O)c2ccc(F)cc2)cc1C(F)(F)F. The fraction of sp³-hybridized carbons (Fsp3) is 0.0435. The van der Waals surface area contributed by atoms with Gasteiger partial charge in [-0.05, 0) is 66.2 Å². The van der Waals surface area contributed by atoms with Gasteiger partial charge in [0, 0.05) is 17.3 Å². The molecule has 4 nitrogen and oxygen atoms in total. The zero-order chi connectivity index (χ0) is 23.3. The van der Waals surface area contributed by atoms with Crippen molar-refractivity contribution in [3.63, 3.8) is 0 Å². The molecule has 0 heterocycles. The largest absolute Gasteiger partial charge is 0.418 e. The van der Waals surface area contributed by atoms with Gasteiger partial charge < -0.3 is 10.6 Å².